The van der Waals surface area contributed by atoms with Crippen molar-refractivity contribution in [2.24, 2.45) is 0 Å². The Bertz CT molecular complexity index is 537. The molecule has 5 heteroatoms. The highest BCUT2D eigenvalue weighted by Gasteiger charge is 2.10. The number of ether oxygens (including phenoxy) is 1. The molecule has 1 aromatic carbocycles. The van der Waals surface area contributed by atoms with Gasteiger partial charge in [-0.2, -0.15) is 0 Å². The molecule has 0 aliphatic heterocycles. The van der Waals surface area contributed by atoms with Gasteiger partial charge in [0.25, 0.3) is 0 Å². The molecule has 0 atom stereocenters. The van der Waals surface area contributed by atoms with Crippen LogP contribution >= 0.6 is 27.5 Å². The van der Waals surface area contributed by atoms with Gasteiger partial charge >= 0.3 is 0 Å². The Hall–Kier alpha value is -1.13. The molecule has 0 saturated carbocycles. The smallest absolute Gasteiger partial charge is 0.236 e. The van der Waals surface area contributed by atoms with Crippen LogP contribution < -0.4 is 4.74 Å². The van der Waals surface area contributed by atoms with E-state index in [4.69, 9.17) is 16.3 Å². The van der Waals surface area contributed by atoms with Gasteiger partial charge in [0.15, 0.2) is 0 Å². The zero-order chi connectivity index (χ0) is 12.4. The number of rotatable bonds is 2. The van der Waals surface area contributed by atoms with Crippen LogP contribution in [0.5, 0.6) is 11.6 Å². The van der Waals surface area contributed by atoms with E-state index in [1.165, 1.54) is 6.33 Å². The number of halogens is 2. The summed E-state index contributed by atoms with van der Waals surface area (Å²) in [6, 6.07) is 3.72. The lowest BCUT2D eigenvalue weighted by molar-refractivity contribution is 0.451. The molecule has 2 aromatic rings. The maximum absolute atomic E-state index is 5.97. The standard InChI is InChI=1S/C12H10BrClN2O/c1-7-3-9(14)4-8(2)11(7)17-12-10(13)5-15-6-16-12/h3-6H,1-2H3. The first-order valence-corrected chi connectivity index (χ1v) is 6.15. The molecule has 0 amide bonds. The normalized spacial score (nSPS) is 10.4. The summed E-state index contributed by atoms with van der Waals surface area (Å²) >= 11 is 9.31. The highest BCUT2D eigenvalue weighted by Crippen LogP contribution is 2.32. The summed E-state index contributed by atoms with van der Waals surface area (Å²) in [6.07, 6.45) is 3.09. The maximum Gasteiger partial charge on any atom is 0.236 e. The summed E-state index contributed by atoms with van der Waals surface area (Å²) in [6.45, 7) is 3.90. The van der Waals surface area contributed by atoms with E-state index < -0.39 is 0 Å². The van der Waals surface area contributed by atoms with Crippen LogP contribution in [0.1, 0.15) is 11.1 Å². The highest BCUT2D eigenvalue weighted by molar-refractivity contribution is 9.10. The molecule has 0 saturated heterocycles. The predicted molar refractivity (Wildman–Crippen MR) is 70.7 cm³/mol. The second-order valence-corrected chi connectivity index (χ2v) is 4.94. The van der Waals surface area contributed by atoms with Gasteiger partial charge in [-0.25, -0.2) is 9.97 Å². The molecule has 2 rings (SSSR count). The minimum absolute atomic E-state index is 0.494. The Labute approximate surface area is 113 Å². The van der Waals surface area contributed by atoms with Crippen molar-refractivity contribution in [2.75, 3.05) is 0 Å². The molecule has 0 spiro atoms. The topological polar surface area (TPSA) is 35.0 Å². The highest BCUT2D eigenvalue weighted by atomic mass is 79.9. The average molecular weight is 314 g/mol. The number of hydrogen-bond acceptors (Lipinski definition) is 3. The van der Waals surface area contributed by atoms with Gasteiger partial charge in [0.05, 0.1) is 4.47 Å². The van der Waals surface area contributed by atoms with Crippen LogP contribution in [0.25, 0.3) is 0 Å². The van der Waals surface area contributed by atoms with Crippen molar-refractivity contribution in [3.05, 3.63) is 45.3 Å². The van der Waals surface area contributed by atoms with Gasteiger partial charge in [-0.1, -0.05) is 11.6 Å². The van der Waals surface area contributed by atoms with Crippen LogP contribution in [0.2, 0.25) is 5.02 Å². The van der Waals surface area contributed by atoms with Gasteiger partial charge in [-0.05, 0) is 53.0 Å². The van der Waals surface area contributed by atoms with E-state index in [9.17, 15) is 0 Å². The van der Waals surface area contributed by atoms with Gasteiger partial charge in [-0.3, -0.25) is 0 Å². The molecule has 3 nitrogen and oxygen atoms in total. The first-order valence-electron chi connectivity index (χ1n) is 4.98. The zero-order valence-electron chi connectivity index (χ0n) is 9.37. The van der Waals surface area contributed by atoms with Crippen LogP contribution in [0.3, 0.4) is 0 Å². The van der Waals surface area contributed by atoms with E-state index in [1.54, 1.807) is 6.20 Å². The van der Waals surface area contributed by atoms with Gasteiger partial charge < -0.3 is 4.74 Å². The van der Waals surface area contributed by atoms with Crippen molar-refractivity contribution in [3.8, 4) is 11.6 Å². The number of aromatic nitrogens is 2. The lowest BCUT2D eigenvalue weighted by Crippen LogP contribution is -1.94. The maximum atomic E-state index is 5.97. The molecule has 0 bridgehead atoms. The summed E-state index contributed by atoms with van der Waals surface area (Å²) in [4.78, 5) is 7.95. The second kappa shape index (κ2) is 5.02. The van der Waals surface area contributed by atoms with Gasteiger partial charge in [0, 0.05) is 11.2 Å². The van der Waals surface area contributed by atoms with Crippen molar-refractivity contribution in [1.29, 1.82) is 0 Å². The molecule has 1 heterocycles. The zero-order valence-corrected chi connectivity index (χ0v) is 11.7. The summed E-state index contributed by atoms with van der Waals surface area (Å²) in [5, 5.41) is 0.703. The third-order valence-electron chi connectivity index (χ3n) is 2.26. The Kier molecular flexibility index (Phi) is 3.64. The van der Waals surface area contributed by atoms with Crippen molar-refractivity contribution in [1.82, 2.24) is 9.97 Å². The Morgan fingerprint density at radius 2 is 1.88 bits per heavy atom. The fourth-order valence-electron chi connectivity index (χ4n) is 1.53. The fraction of sp³-hybridized carbons (Fsp3) is 0.167. The Balaban J connectivity index is 2.40. The largest absolute Gasteiger partial charge is 0.437 e. The van der Waals surface area contributed by atoms with E-state index in [2.05, 4.69) is 25.9 Å². The minimum atomic E-state index is 0.494. The van der Waals surface area contributed by atoms with Crippen molar-refractivity contribution in [3.63, 3.8) is 0 Å². The lowest BCUT2D eigenvalue weighted by atomic mass is 10.1. The molecule has 17 heavy (non-hydrogen) atoms. The van der Waals surface area contributed by atoms with Gasteiger partial charge in [-0.15, -0.1) is 0 Å². The van der Waals surface area contributed by atoms with E-state index >= 15 is 0 Å². The van der Waals surface area contributed by atoms with E-state index in [0.29, 0.717) is 15.4 Å². The van der Waals surface area contributed by atoms with Crippen molar-refractivity contribution >= 4 is 27.5 Å². The molecule has 0 radical (unpaired) electrons. The number of nitrogens with zero attached hydrogens (tertiary/aromatic N) is 2. The monoisotopic (exact) mass is 312 g/mol. The van der Waals surface area contributed by atoms with Crippen molar-refractivity contribution in [2.45, 2.75) is 13.8 Å². The molecule has 0 N–H and O–H groups in total. The minimum Gasteiger partial charge on any atom is -0.437 e. The Morgan fingerprint density at radius 1 is 1.24 bits per heavy atom. The summed E-state index contributed by atoms with van der Waals surface area (Å²) < 4.78 is 6.49. The quantitative estimate of drug-likeness (QED) is 0.829. The van der Waals surface area contributed by atoms with E-state index in [0.717, 1.165) is 16.9 Å². The number of benzene rings is 1. The van der Waals surface area contributed by atoms with Crippen molar-refractivity contribution < 1.29 is 4.74 Å². The molecule has 1 aromatic heterocycles. The third kappa shape index (κ3) is 2.76. The van der Waals surface area contributed by atoms with E-state index in [-0.39, 0.29) is 0 Å². The lowest BCUT2D eigenvalue weighted by Gasteiger charge is -2.12. The summed E-state index contributed by atoms with van der Waals surface area (Å²) in [5.41, 5.74) is 1.95. The molecule has 88 valence electrons. The summed E-state index contributed by atoms with van der Waals surface area (Å²) in [7, 11) is 0. The molecule has 0 fully saturated rings. The van der Waals surface area contributed by atoms with E-state index in [1.807, 2.05) is 26.0 Å². The van der Waals surface area contributed by atoms with Crippen LogP contribution in [-0.4, -0.2) is 9.97 Å². The molecule has 0 aliphatic carbocycles. The predicted octanol–water partition coefficient (Wildman–Crippen LogP) is 4.30. The van der Waals surface area contributed by atoms with Crippen LogP contribution in [0.15, 0.2) is 29.1 Å². The van der Waals surface area contributed by atoms with Gasteiger partial charge in [0.2, 0.25) is 5.88 Å². The summed E-state index contributed by atoms with van der Waals surface area (Å²) in [5.74, 6) is 1.27. The first kappa shape index (κ1) is 12.3. The number of aryl methyl sites for hydroxylation is 2. The van der Waals surface area contributed by atoms with Gasteiger partial charge in [0.1, 0.15) is 12.1 Å². The molecule has 0 aliphatic rings. The van der Waals surface area contributed by atoms with Crippen LogP contribution in [0.4, 0.5) is 0 Å². The number of hydrogen-bond donors (Lipinski definition) is 0. The molecule has 0 unspecified atom stereocenters. The van der Waals surface area contributed by atoms with Crippen LogP contribution in [0, 0.1) is 13.8 Å². The molecular weight excluding hydrogens is 304 g/mol. The fourth-order valence-corrected chi connectivity index (χ4v) is 2.16. The van der Waals surface area contributed by atoms with Crippen LogP contribution in [-0.2, 0) is 0 Å². The Morgan fingerprint density at radius 3 is 2.47 bits per heavy atom. The molecular formula is C12H10BrClN2O. The average Bonchev–Trinajstić information content (AvgIpc) is 2.25. The SMILES string of the molecule is Cc1cc(Cl)cc(C)c1Oc1ncncc1Br. The first-order chi connectivity index (χ1) is 8.08. The third-order valence-corrected chi connectivity index (χ3v) is 3.02. The second-order valence-electron chi connectivity index (χ2n) is 3.65.